The summed E-state index contributed by atoms with van der Waals surface area (Å²) in [5.41, 5.74) is -2.19. The summed E-state index contributed by atoms with van der Waals surface area (Å²) in [7, 11) is -4.86. The minimum absolute atomic E-state index is 0.0645. The van der Waals surface area contributed by atoms with Crippen molar-refractivity contribution in [2.24, 2.45) is 0 Å². The van der Waals surface area contributed by atoms with Crippen LogP contribution in [0.1, 0.15) is 42.0 Å². The molecule has 0 unspecified atom stereocenters. The highest BCUT2D eigenvalue weighted by molar-refractivity contribution is 7.89. The van der Waals surface area contributed by atoms with E-state index in [0.717, 1.165) is 22.8 Å². The molecular formula is C22H22F6N4O3S. The van der Waals surface area contributed by atoms with Crippen molar-refractivity contribution in [2.45, 2.75) is 54.6 Å². The Morgan fingerprint density at radius 3 is 2.31 bits per heavy atom. The van der Waals surface area contributed by atoms with E-state index >= 15 is 0 Å². The van der Waals surface area contributed by atoms with Crippen LogP contribution in [0.5, 0.6) is 5.88 Å². The van der Waals surface area contributed by atoms with Gasteiger partial charge < -0.3 is 4.74 Å². The Kier molecular flexibility index (Phi) is 6.19. The van der Waals surface area contributed by atoms with Crippen molar-refractivity contribution < 1.29 is 39.5 Å². The molecule has 2 aromatic rings. The van der Waals surface area contributed by atoms with Gasteiger partial charge in [-0.1, -0.05) is 0 Å². The highest BCUT2D eigenvalue weighted by Gasteiger charge is 2.45. The standard InChI is InChI=1S/C22H22F6N4O3S/c23-21(24,25)14-3-4-17(22(26,27)28)19(7-14)36(33,34)32-6-5-31-12-16(8-15(31)11-32)35-20-10-29-18(9-30-20)13-1-2-13/h3-4,7,9-10,13,15-16H,1-2,5-6,8,11-12H2/t15-,16-/m0/s1. The second kappa shape index (κ2) is 8.84. The van der Waals surface area contributed by atoms with E-state index in [2.05, 4.69) is 9.97 Å². The van der Waals surface area contributed by atoms with E-state index in [4.69, 9.17) is 4.74 Å². The van der Waals surface area contributed by atoms with Gasteiger partial charge in [-0.05, 0) is 31.0 Å². The lowest BCUT2D eigenvalue weighted by atomic mass is 10.1. The zero-order valence-corrected chi connectivity index (χ0v) is 19.6. The number of rotatable bonds is 5. The predicted octanol–water partition coefficient (Wildman–Crippen LogP) is 3.92. The third kappa shape index (κ3) is 5.02. The molecule has 2 aliphatic heterocycles. The number of fused-ring (bicyclic) bond motifs is 1. The molecule has 1 aliphatic carbocycles. The second-order valence-corrected chi connectivity index (χ2v) is 11.2. The highest BCUT2D eigenvalue weighted by atomic mass is 32.2. The Hall–Kier alpha value is -2.45. The number of ether oxygens (including phenoxy) is 1. The minimum Gasteiger partial charge on any atom is -0.472 e. The van der Waals surface area contributed by atoms with Crippen LogP contribution in [0.15, 0.2) is 35.5 Å². The third-order valence-electron chi connectivity index (χ3n) is 6.70. The van der Waals surface area contributed by atoms with Crippen LogP contribution in [0.2, 0.25) is 0 Å². The number of sulfonamides is 1. The third-order valence-corrected chi connectivity index (χ3v) is 8.61. The highest BCUT2D eigenvalue weighted by Crippen LogP contribution is 2.40. The van der Waals surface area contributed by atoms with E-state index in [1.165, 1.54) is 6.20 Å². The average Bonchev–Trinajstić information content (AvgIpc) is 3.57. The Balaban J connectivity index is 1.32. The first-order valence-corrected chi connectivity index (χ1v) is 12.8. The van der Waals surface area contributed by atoms with Gasteiger partial charge in [-0.2, -0.15) is 30.6 Å². The molecule has 3 heterocycles. The molecule has 36 heavy (non-hydrogen) atoms. The Morgan fingerprint density at radius 2 is 1.69 bits per heavy atom. The molecule has 1 saturated carbocycles. The molecule has 3 aliphatic rings. The first kappa shape index (κ1) is 25.2. The van der Waals surface area contributed by atoms with Crippen LogP contribution in [0.4, 0.5) is 26.3 Å². The van der Waals surface area contributed by atoms with Gasteiger partial charge >= 0.3 is 12.4 Å². The predicted molar refractivity (Wildman–Crippen MR) is 114 cm³/mol. The molecule has 2 saturated heterocycles. The number of alkyl halides is 6. The summed E-state index contributed by atoms with van der Waals surface area (Å²) in [6.45, 7) is 0.343. The molecule has 196 valence electrons. The number of nitrogens with zero attached hydrogens (tertiary/aromatic N) is 4. The van der Waals surface area contributed by atoms with E-state index in [9.17, 15) is 34.8 Å². The number of benzene rings is 1. The van der Waals surface area contributed by atoms with E-state index in [0.29, 0.717) is 24.8 Å². The maximum absolute atomic E-state index is 13.5. The largest absolute Gasteiger partial charge is 0.472 e. The fourth-order valence-electron chi connectivity index (χ4n) is 4.70. The van der Waals surface area contributed by atoms with Crippen molar-refractivity contribution in [1.82, 2.24) is 19.2 Å². The molecule has 0 N–H and O–H groups in total. The van der Waals surface area contributed by atoms with Gasteiger partial charge in [0.2, 0.25) is 15.9 Å². The van der Waals surface area contributed by atoms with Crippen molar-refractivity contribution in [1.29, 1.82) is 0 Å². The summed E-state index contributed by atoms with van der Waals surface area (Å²) < 4.78 is 113. The van der Waals surface area contributed by atoms with Crippen LogP contribution < -0.4 is 4.74 Å². The number of aromatic nitrogens is 2. The summed E-state index contributed by atoms with van der Waals surface area (Å²) in [4.78, 5) is 9.17. The number of piperazine rings is 1. The average molecular weight is 536 g/mol. The van der Waals surface area contributed by atoms with Gasteiger partial charge in [-0.3, -0.25) is 9.88 Å². The molecule has 7 nitrogen and oxygen atoms in total. The van der Waals surface area contributed by atoms with Crippen LogP contribution in [0, 0.1) is 0 Å². The SMILES string of the molecule is O=S(=O)(c1cc(C(F)(F)F)ccc1C(F)(F)F)N1CCN2C[C@@H](Oc3cnc(C4CC4)cn3)C[C@H]2C1. The van der Waals surface area contributed by atoms with Crippen LogP contribution in [0.3, 0.4) is 0 Å². The fraction of sp³-hybridized carbons (Fsp3) is 0.545. The van der Waals surface area contributed by atoms with Gasteiger partial charge in [0.25, 0.3) is 0 Å². The van der Waals surface area contributed by atoms with Crippen molar-refractivity contribution in [3.63, 3.8) is 0 Å². The van der Waals surface area contributed by atoms with Crippen LogP contribution in [-0.4, -0.2) is 65.9 Å². The lowest BCUT2D eigenvalue weighted by Gasteiger charge is -2.36. The van der Waals surface area contributed by atoms with Crippen LogP contribution >= 0.6 is 0 Å². The Morgan fingerprint density at radius 1 is 0.944 bits per heavy atom. The van der Waals surface area contributed by atoms with Crippen molar-refractivity contribution in [3.8, 4) is 5.88 Å². The molecule has 0 radical (unpaired) electrons. The van der Waals surface area contributed by atoms with Crippen molar-refractivity contribution in [3.05, 3.63) is 47.4 Å². The number of halogens is 6. The summed E-state index contributed by atoms with van der Waals surface area (Å²) in [6.07, 6.45) is -4.73. The molecular weight excluding hydrogens is 514 g/mol. The zero-order chi connectivity index (χ0) is 25.9. The minimum atomic E-state index is -5.14. The van der Waals surface area contributed by atoms with Crippen molar-refractivity contribution >= 4 is 10.0 Å². The Bertz CT molecular complexity index is 1230. The summed E-state index contributed by atoms with van der Waals surface area (Å²) in [5, 5.41) is 0. The summed E-state index contributed by atoms with van der Waals surface area (Å²) >= 11 is 0. The van der Waals surface area contributed by atoms with Gasteiger partial charge in [0.15, 0.2) is 0 Å². The summed E-state index contributed by atoms with van der Waals surface area (Å²) in [5.74, 6) is 0.766. The molecule has 0 spiro atoms. The first-order valence-electron chi connectivity index (χ1n) is 11.3. The van der Waals surface area contributed by atoms with Crippen LogP contribution in [0.25, 0.3) is 0 Å². The number of hydrogen-bond donors (Lipinski definition) is 0. The molecule has 0 amide bonds. The summed E-state index contributed by atoms with van der Waals surface area (Å²) in [6, 6.07) is 0.103. The molecule has 1 aromatic carbocycles. The van der Waals surface area contributed by atoms with E-state index < -0.39 is 38.4 Å². The molecule has 2 atom stereocenters. The topological polar surface area (TPSA) is 75.6 Å². The second-order valence-electron chi connectivity index (χ2n) is 9.25. The monoisotopic (exact) mass is 536 g/mol. The molecule has 0 bridgehead atoms. The van der Waals surface area contributed by atoms with Gasteiger partial charge in [-0.15, -0.1) is 0 Å². The first-order chi connectivity index (χ1) is 16.8. The smallest absolute Gasteiger partial charge is 0.417 e. The maximum atomic E-state index is 13.5. The normalized spacial score (nSPS) is 24.1. The van der Waals surface area contributed by atoms with E-state index in [-0.39, 0.29) is 50.0 Å². The fourth-order valence-corrected chi connectivity index (χ4v) is 6.41. The Labute approximate surface area is 203 Å². The van der Waals surface area contributed by atoms with Crippen molar-refractivity contribution in [2.75, 3.05) is 26.2 Å². The van der Waals surface area contributed by atoms with Crippen LogP contribution in [-0.2, 0) is 22.4 Å². The van der Waals surface area contributed by atoms with E-state index in [1.807, 2.05) is 4.90 Å². The molecule has 14 heteroatoms. The molecule has 1 aromatic heterocycles. The lowest BCUT2D eigenvalue weighted by molar-refractivity contribution is -0.143. The zero-order valence-electron chi connectivity index (χ0n) is 18.8. The number of hydrogen-bond acceptors (Lipinski definition) is 6. The van der Waals surface area contributed by atoms with Gasteiger partial charge in [0, 0.05) is 44.6 Å². The lowest BCUT2D eigenvalue weighted by Crippen LogP contribution is -2.52. The van der Waals surface area contributed by atoms with Gasteiger partial charge in [-0.25, -0.2) is 13.4 Å². The maximum Gasteiger partial charge on any atom is 0.417 e. The molecule has 3 fully saturated rings. The quantitative estimate of drug-likeness (QED) is 0.540. The van der Waals surface area contributed by atoms with Gasteiger partial charge in [0.05, 0.1) is 34.1 Å². The molecule has 5 rings (SSSR count). The van der Waals surface area contributed by atoms with Gasteiger partial charge in [0.1, 0.15) is 6.10 Å². The van der Waals surface area contributed by atoms with E-state index in [1.54, 1.807) is 6.20 Å².